The number of hydrogen-bond donors (Lipinski definition) is 1. The van der Waals surface area contributed by atoms with Crippen LogP contribution in [0.15, 0.2) is 43.0 Å². The van der Waals surface area contributed by atoms with Crippen molar-refractivity contribution in [3.8, 4) is 0 Å². The van der Waals surface area contributed by atoms with E-state index in [0.29, 0.717) is 0 Å². The van der Waals surface area contributed by atoms with Gasteiger partial charge in [-0.3, -0.25) is 4.57 Å². The summed E-state index contributed by atoms with van der Waals surface area (Å²) in [7, 11) is -3.96. The molecule has 3 aromatic rings. The summed E-state index contributed by atoms with van der Waals surface area (Å²) in [4.78, 5) is 18.0. The number of aromatic nitrogens is 4. The predicted octanol–water partition coefficient (Wildman–Crippen LogP) is 8.19. The van der Waals surface area contributed by atoms with Gasteiger partial charge in [-0.15, -0.1) is 0 Å². The molecule has 1 unspecified atom stereocenters. The first kappa shape index (κ1) is 30.9. The minimum Gasteiger partial charge on any atom is -0.409 e. The fourth-order valence-corrected chi connectivity index (χ4v) is 7.48. The van der Waals surface area contributed by atoms with Crippen LogP contribution in [0.5, 0.6) is 0 Å². The van der Waals surface area contributed by atoms with E-state index in [1.54, 1.807) is 6.33 Å². The van der Waals surface area contributed by atoms with Crippen molar-refractivity contribution in [2.45, 2.75) is 122 Å². The van der Waals surface area contributed by atoms with Crippen LogP contribution in [-0.2, 0) is 15.6 Å². The molecule has 4 rings (SSSR count). The Balaban J connectivity index is 1.73. The highest BCUT2D eigenvalue weighted by Crippen LogP contribution is 2.46. The maximum absolute atomic E-state index is 7.25. The summed E-state index contributed by atoms with van der Waals surface area (Å²) in [6.07, 6.45) is 6.22. The van der Waals surface area contributed by atoms with Gasteiger partial charge in [0.2, 0.25) is 0 Å². The third kappa shape index (κ3) is 6.22. The van der Waals surface area contributed by atoms with Crippen LogP contribution in [0.2, 0.25) is 36.3 Å². The van der Waals surface area contributed by atoms with E-state index in [4.69, 9.17) is 19.1 Å². The number of imidazole rings is 1. The summed E-state index contributed by atoms with van der Waals surface area (Å²) in [5, 5.41) is 0.245. The summed E-state index contributed by atoms with van der Waals surface area (Å²) in [6.45, 7) is 25.4. The maximum atomic E-state index is 7.25. The van der Waals surface area contributed by atoms with Crippen LogP contribution in [0, 0.1) is 5.92 Å². The van der Waals surface area contributed by atoms with Gasteiger partial charge >= 0.3 is 0 Å². The topological polar surface area (TPSA) is 74.1 Å². The van der Waals surface area contributed by atoms with Crippen LogP contribution in [-0.4, -0.2) is 48.3 Å². The Bertz CT molecular complexity index is 1280. The summed E-state index contributed by atoms with van der Waals surface area (Å²) in [5.74, 6) is 1.08. The van der Waals surface area contributed by atoms with Crippen LogP contribution in [0.1, 0.15) is 73.1 Å². The Hall–Kier alpha value is -2.08. The third-order valence-electron chi connectivity index (χ3n) is 9.68. The van der Waals surface area contributed by atoms with Crippen molar-refractivity contribution in [3.63, 3.8) is 0 Å². The lowest BCUT2D eigenvalue weighted by Crippen LogP contribution is -2.47. The molecule has 1 aliphatic heterocycles. The number of fused-ring (bicyclic) bond motifs is 1. The number of hydrogen-bond acceptors (Lipinski definition) is 6. The average molecular weight is 582 g/mol. The largest absolute Gasteiger partial charge is 0.409 e. The second kappa shape index (κ2) is 11.3. The number of ether oxygens (including phenoxy) is 1. The second-order valence-electron chi connectivity index (χ2n) is 14.6. The Morgan fingerprint density at radius 3 is 2.23 bits per heavy atom. The van der Waals surface area contributed by atoms with Gasteiger partial charge in [0.1, 0.15) is 17.7 Å². The van der Waals surface area contributed by atoms with Gasteiger partial charge in [-0.05, 0) is 48.0 Å². The lowest BCUT2D eigenvalue weighted by molar-refractivity contribution is -0.0322. The van der Waals surface area contributed by atoms with Gasteiger partial charge in [0.25, 0.3) is 0 Å². The van der Waals surface area contributed by atoms with Gasteiger partial charge in [-0.2, -0.15) is 0 Å². The zero-order valence-corrected chi connectivity index (χ0v) is 28.6. The molecule has 1 saturated heterocycles. The molecular weight excluding hydrogens is 531 g/mol. The molecule has 4 atom stereocenters. The van der Waals surface area contributed by atoms with E-state index in [1.165, 1.54) is 5.56 Å². The van der Waals surface area contributed by atoms with Crippen molar-refractivity contribution in [2.75, 3.05) is 4.98 Å². The molecule has 0 aliphatic carbocycles. The molecule has 1 fully saturated rings. The average Bonchev–Trinajstić information content (AvgIpc) is 3.43. The van der Waals surface area contributed by atoms with Crippen molar-refractivity contribution in [1.82, 2.24) is 19.5 Å². The molecule has 0 amide bonds. The van der Waals surface area contributed by atoms with E-state index in [0.717, 1.165) is 36.2 Å². The van der Waals surface area contributed by atoms with Gasteiger partial charge in [0, 0.05) is 5.92 Å². The van der Waals surface area contributed by atoms with E-state index in [-0.39, 0.29) is 34.4 Å². The zero-order valence-electron chi connectivity index (χ0n) is 26.6. The normalized spacial score (nSPS) is 22.7. The van der Waals surface area contributed by atoms with Crippen LogP contribution in [0.25, 0.3) is 11.2 Å². The summed E-state index contributed by atoms with van der Waals surface area (Å²) in [6, 6.07) is 10.8. The number of nitrogens with zero attached hydrogens (tertiary/aromatic N) is 4. The fourth-order valence-electron chi connectivity index (χ4n) is 5.01. The number of nitrogens with one attached hydrogen (secondary N) is 1. The second-order valence-corrected chi connectivity index (χ2v) is 24.3. The molecule has 220 valence electrons. The van der Waals surface area contributed by atoms with Crippen molar-refractivity contribution in [1.29, 1.82) is 0 Å². The van der Waals surface area contributed by atoms with E-state index in [2.05, 4.69) is 120 Å². The molecule has 7 nitrogen and oxygen atoms in total. The monoisotopic (exact) mass is 581 g/mol. The summed E-state index contributed by atoms with van der Waals surface area (Å²) >= 11 is 0. The smallest absolute Gasteiger partial charge is 0.192 e. The van der Waals surface area contributed by atoms with E-state index in [1.807, 2.05) is 6.33 Å². The molecule has 1 N–H and O–H groups in total. The number of benzene rings is 1. The third-order valence-corrected chi connectivity index (χ3v) is 18.8. The highest BCUT2D eigenvalue weighted by Gasteiger charge is 2.50. The minimum absolute atomic E-state index is 0.0845. The van der Waals surface area contributed by atoms with Gasteiger partial charge in [-0.1, -0.05) is 91.9 Å². The van der Waals surface area contributed by atoms with Gasteiger partial charge < -0.3 is 14.1 Å². The molecular formula is C31H51N5O2Si2. The van der Waals surface area contributed by atoms with Crippen LogP contribution in [0.4, 0.5) is 5.82 Å². The fraction of sp³-hybridized carbons (Fsp3) is 0.645. The lowest BCUT2D eigenvalue weighted by atomic mass is 9.90. The van der Waals surface area contributed by atoms with E-state index < -0.39 is 16.6 Å². The SMILES string of the molecule is CC[C@H]1O[C@@H](n2cnc3c(N[Si](C)(C)C(C)(C)C)ncnc32)C(O[Si](C)(C)C(C)(C)C)[C@H]1CCc1ccccc1. The number of anilines is 1. The van der Waals surface area contributed by atoms with Gasteiger partial charge in [0.15, 0.2) is 28.4 Å². The first-order valence-electron chi connectivity index (χ1n) is 14.9. The summed E-state index contributed by atoms with van der Waals surface area (Å²) in [5.41, 5.74) is 2.94. The molecule has 0 radical (unpaired) electrons. The Kier molecular flexibility index (Phi) is 8.73. The molecule has 0 bridgehead atoms. The first-order valence-corrected chi connectivity index (χ1v) is 20.8. The molecule has 9 heteroatoms. The molecule has 1 aliphatic rings. The summed E-state index contributed by atoms with van der Waals surface area (Å²) < 4.78 is 16.2. The van der Waals surface area contributed by atoms with Crippen molar-refractivity contribution in [3.05, 3.63) is 48.5 Å². The zero-order chi connectivity index (χ0) is 29.5. The van der Waals surface area contributed by atoms with Crippen LogP contribution in [0.3, 0.4) is 0 Å². The van der Waals surface area contributed by atoms with Gasteiger partial charge in [-0.25, -0.2) is 15.0 Å². The van der Waals surface area contributed by atoms with Crippen molar-refractivity contribution in [2.24, 2.45) is 5.92 Å². The molecule has 2 aromatic heterocycles. The van der Waals surface area contributed by atoms with Crippen molar-refractivity contribution >= 4 is 33.5 Å². The molecule has 0 saturated carbocycles. The Labute approximate surface area is 243 Å². The molecule has 0 spiro atoms. The Morgan fingerprint density at radius 2 is 1.62 bits per heavy atom. The minimum atomic E-state index is -2.10. The highest BCUT2D eigenvalue weighted by atomic mass is 28.4. The predicted molar refractivity (Wildman–Crippen MR) is 171 cm³/mol. The van der Waals surface area contributed by atoms with Crippen LogP contribution < -0.4 is 4.98 Å². The van der Waals surface area contributed by atoms with Gasteiger partial charge in [0.05, 0.1) is 18.5 Å². The highest BCUT2D eigenvalue weighted by molar-refractivity contribution is 6.83. The maximum Gasteiger partial charge on any atom is 0.192 e. The van der Waals surface area contributed by atoms with Crippen LogP contribution >= 0.6 is 0 Å². The molecule has 40 heavy (non-hydrogen) atoms. The standard InChI is InChI=1S/C31H51N5O2Si2/c1-12-24-23(19-18-22-16-14-13-15-17-22)26(38-40(10,11)31(5,6)7)29(37-24)36-21-34-25-27(32-20-33-28(25)36)35-39(8,9)30(2,3)4/h13-17,20-21,23-24,26,29H,12,18-19H2,1-11H3,(H,32,33,35)/t23-,24+,26?,29+/m0/s1. The molecule has 1 aromatic carbocycles. The van der Waals surface area contributed by atoms with E-state index in [9.17, 15) is 0 Å². The lowest BCUT2D eigenvalue weighted by Gasteiger charge is -2.41. The molecule has 3 heterocycles. The number of aryl methyl sites for hydroxylation is 1. The first-order chi connectivity index (χ1) is 18.6. The van der Waals surface area contributed by atoms with E-state index >= 15 is 0 Å². The quantitative estimate of drug-likeness (QED) is 0.257. The number of rotatable bonds is 9. The Morgan fingerprint density at radius 1 is 0.950 bits per heavy atom. The van der Waals surface area contributed by atoms with Crippen molar-refractivity contribution < 1.29 is 9.16 Å².